The topological polar surface area (TPSA) is 107 Å². The van der Waals surface area contributed by atoms with Crippen LogP contribution in [0.5, 0.6) is 5.75 Å². The van der Waals surface area contributed by atoms with Crippen LogP contribution >= 0.6 is 11.3 Å². The second-order valence-corrected chi connectivity index (χ2v) is 11.1. The number of rotatable bonds is 7. The fraction of sp³-hybridized carbons (Fsp3) is 0.400. The number of carbonyl (C=O) groups excluding carboxylic acids is 1. The number of likely N-dealkylation sites (tertiary alicyclic amines) is 1. The predicted octanol–water partition coefficient (Wildman–Crippen LogP) is 5.50. The lowest BCUT2D eigenvalue weighted by Crippen LogP contribution is -2.36. The lowest BCUT2D eigenvalue weighted by atomic mass is 9.97. The largest absolute Gasteiger partial charge is 0.488 e. The van der Waals surface area contributed by atoms with Gasteiger partial charge in [0.15, 0.2) is 5.13 Å². The number of ether oxygens (including phenoxy) is 1. The van der Waals surface area contributed by atoms with Gasteiger partial charge in [-0.2, -0.15) is 5.26 Å². The second kappa shape index (κ2) is 11.9. The molecule has 39 heavy (non-hydrogen) atoms. The highest BCUT2D eigenvalue weighted by molar-refractivity contribution is 7.14. The molecule has 2 aliphatic rings. The number of aryl methyl sites for hydroxylation is 1. The van der Waals surface area contributed by atoms with E-state index < -0.39 is 5.97 Å². The van der Waals surface area contributed by atoms with E-state index in [2.05, 4.69) is 11.0 Å². The predicted molar refractivity (Wildman–Crippen MR) is 150 cm³/mol. The van der Waals surface area contributed by atoms with Crippen LogP contribution in [-0.4, -0.2) is 53.0 Å². The molecule has 0 unspecified atom stereocenters. The summed E-state index contributed by atoms with van der Waals surface area (Å²) in [7, 11) is 0. The van der Waals surface area contributed by atoms with E-state index in [4.69, 9.17) is 9.72 Å². The van der Waals surface area contributed by atoms with Gasteiger partial charge in [-0.3, -0.25) is 9.59 Å². The zero-order chi connectivity index (χ0) is 27.4. The number of aromatic nitrogens is 1. The molecular weight excluding hydrogens is 512 g/mol. The number of aliphatic carboxylic acids is 1. The van der Waals surface area contributed by atoms with Crippen molar-refractivity contribution in [3.05, 3.63) is 64.0 Å². The molecule has 3 heterocycles. The summed E-state index contributed by atoms with van der Waals surface area (Å²) in [6.45, 7) is 5.09. The highest BCUT2D eigenvalue weighted by atomic mass is 32.1. The maximum Gasteiger partial charge on any atom is 0.306 e. The van der Waals surface area contributed by atoms with Gasteiger partial charge in [0, 0.05) is 48.2 Å². The molecule has 9 heteroatoms. The van der Waals surface area contributed by atoms with Gasteiger partial charge in [0.1, 0.15) is 12.4 Å². The van der Waals surface area contributed by atoms with E-state index in [0.717, 1.165) is 59.9 Å². The van der Waals surface area contributed by atoms with Crippen molar-refractivity contribution in [3.8, 4) is 23.1 Å². The number of carboxylic acids is 1. The Bertz CT molecular complexity index is 1400. The zero-order valence-corrected chi connectivity index (χ0v) is 22.9. The number of piperidine rings is 2. The van der Waals surface area contributed by atoms with E-state index in [-0.39, 0.29) is 18.4 Å². The van der Waals surface area contributed by atoms with Gasteiger partial charge in [-0.1, -0.05) is 17.7 Å². The Morgan fingerprint density at radius 3 is 2.59 bits per heavy atom. The van der Waals surface area contributed by atoms with Gasteiger partial charge < -0.3 is 19.6 Å². The Kier molecular flexibility index (Phi) is 8.13. The molecule has 0 spiro atoms. The van der Waals surface area contributed by atoms with Crippen molar-refractivity contribution in [1.82, 2.24) is 9.88 Å². The molecule has 0 radical (unpaired) electrons. The Morgan fingerprint density at radius 2 is 1.87 bits per heavy atom. The standard InChI is InChI=1S/C30H32N4O4S/c1-20-5-8-27(25(15-20)26-19-39-30(32-26)34-13-9-21(10-14-34)29(36)37)38-18-23-7-6-22(16-24(23)17-31)28(35)33-11-3-2-4-12-33/h5-8,15-16,19,21H,2-4,9-14,18H2,1H3,(H,36,37). The number of anilines is 1. The number of amides is 1. The van der Waals surface area contributed by atoms with Crippen molar-refractivity contribution in [1.29, 1.82) is 5.26 Å². The minimum Gasteiger partial charge on any atom is -0.488 e. The summed E-state index contributed by atoms with van der Waals surface area (Å²) in [5, 5.41) is 22.0. The molecule has 0 atom stereocenters. The van der Waals surface area contributed by atoms with Crippen molar-refractivity contribution in [2.75, 3.05) is 31.1 Å². The van der Waals surface area contributed by atoms with Crippen LogP contribution in [0.15, 0.2) is 41.8 Å². The first-order valence-electron chi connectivity index (χ1n) is 13.4. The lowest BCUT2D eigenvalue weighted by molar-refractivity contribution is -0.142. The summed E-state index contributed by atoms with van der Waals surface area (Å²) >= 11 is 1.54. The summed E-state index contributed by atoms with van der Waals surface area (Å²) in [5.74, 6) is -0.364. The molecule has 3 aromatic rings. The van der Waals surface area contributed by atoms with Gasteiger partial charge in [-0.25, -0.2) is 4.98 Å². The van der Waals surface area contributed by atoms with E-state index in [1.807, 2.05) is 41.5 Å². The molecule has 1 N–H and O–H groups in total. The number of nitriles is 1. The van der Waals surface area contributed by atoms with Crippen molar-refractivity contribution in [3.63, 3.8) is 0 Å². The zero-order valence-electron chi connectivity index (χ0n) is 22.1. The molecule has 202 valence electrons. The van der Waals surface area contributed by atoms with Crippen LogP contribution in [0.3, 0.4) is 0 Å². The SMILES string of the molecule is Cc1ccc(OCc2ccc(C(=O)N3CCCCC3)cc2C#N)c(-c2csc(N3CCC(C(=O)O)CC3)n2)c1. The summed E-state index contributed by atoms with van der Waals surface area (Å²) in [6, 6.07) is 13.4. The first kappa shape index (κ1) is 26.7. The number of thiazole rings is 1. The Balaban J connectivity index is 1.31. The molecule has 0 saturated carbocycles. The quantitative estimate of drug-likeness (QED) is 0.419. The second-order valence-electron chi connectivity index (χ2n) is 10.2. The minimum absolute atomic E-state index is 0.0222. The van der Waals surface area contributed by atoms with Gasteiger partial charge in [0.25, 0.3) is 5.91 Å². The first-order chi connectivity index (χ1) is 18.9. The van der Waals surface area contributed by atoms with Crippen LogP contribution in [-0.2, 0) is 11.4 Å². The van der Waals surface area contributed by atoms with Crippen molar-refractivity contribution < 1.29 is 19.4 Å². The van der Waals surface area contributed by atoms with Crippen molar-refractivity contribution in [2.24, 2.45) is 5.92 Å². The van der Waals surface area contributed by atoms with E-state index >= 15 is 0 Å². The highest BCUT2D eigenvalue weighted by Crippen LogP contribution is 2.36. The van der Waals surface area contributed by atoms with Gasteiger partial charge in [-0.05, 0) is 63.3 Å². The average Bonchev–Trinajstić information content (AvgIpc) is 3.47. The van der Waals surface area contributed by atoms with Gasteiger partial charge >= 0.3 is 5.97 Å². The molecule has 0 aliphatic carbocycles. The molecule has 1 aromatic heterocycles. The molecule has 5 rings (SSSR count). The number of carbonyl (C=O) groups is 2. The number of benzene rings is 2. The lowest BCUT2D eigenvalue weighted by Gasteiger charge is -2.29. The van der Waals surface area contributed by atoms with Crippen LogP contribution in [0, 0.1) is 24.2 Å². The number of carboxylic acid groups (broad SMARTS) is 1. The van der Waals surface area contributed by atoms with Gasteiger partial charge in [-0.15, -0.1) is 11.3 Å². The summed E-state index contributed by atoms with van der Waals surface area (Å²) in [6.07, 6.45) is 4.42. The highest BCUT2D eigenvalue weighted by Gasteiger charge is 2.26. The number of hydrogen-bond acceptors (Lipinski definition) is 7. The smallest absolute Gasteiger partial charge is 0.306 e. The number of nitrogens with zero attached hydrogens (tertiary/aromatic N) is 4. The number of hydrogen-bond donors (Lipinski definition) is 1. The molecule has 1 amide bonds. The summed E-state index contributed by atoms with van der Waals surface area (Å²) in [4.78, 5) is 33.1. The van der Waals surface area contributed by atoms with Gasteiger partial charge in [0.2, 0.25) is 0 Å². The monoisotopic (exact) mass is 544 g/mol. The normalized spacial score (nSPS) is 16.1. The molecular formula is C30H32N4O4S. The van der Waals surface area contributed by atoms with E-state index in [0.29, 0.717) is 42.8 Å². The molecule has 0 bridgehead atoms. The van der Waals surface area contributed by atoms with Crippen LogP contribution in [0.4, 0.5) is 5.13 Å². The van der Waals surface area contributed by atoms with E-state index in [9.17, 15) is 20.0 Å². The van der Waals surface area contributed by atoms with Crippen molar-refractivity contribution >= 4 is 28.3 Å². The fourth-order valence-electron chi connectivity index (χ4n) is 5.20. The van der Waals surface area contributed by atoms with Crippen LogP contribution in [0.25, 0.3) is 11.3 Å². The average molecular weight is 545 g/mol. The van der Waals surface area contributed by atoms with Gasteiger partial charge in [0.05, 0.1) is 23.2 Å². The first-order valence-corrected chi connectivity index (χ1v) is 14.3. The van der Waals surface area contributed by atoms with Crippen LogP contribution in [0.1, 0.15) is 59.2 Å². The van der Waals surface area contributed by atoms with E-state index in [1.54, 1.807) is 23.5 Å². The molecule has 2 saturated heterocycles. The molecule has 2 fully saturated rings. The molecule has 2 aromatic carbocycles. The minimum atomic E-state index is -0.723. The van der Waals surface area contributed by atoms with Crippen molar-refractivity contribution in [2.45, 2.75) is 45.6 Å². The third-order valence-corrected chi connectivity index (χ3v) is 8.42. The summed E-state index contributed by atoms with van der Waals surface area (Å²) < 4.78 is 6.23. The third kappa shape index (κ3) is 6.07. The Hall–Kier alpha value is -3.90. The van der Waals surface area contributed by atoms with Crippen LogP contribution in [0.2, 0.25) is 0 Å². The molecule has 2 aliphatic heterocycles. The van der Waals surface area contributed by atoms with Crippen LogP contribution < -0.4 is 9.64 Å². The summed E-state index contributed by atoms with van der Waals surface area (Å²) in [5.41, 5.74) is 4.44. The maximum atomic E-state index is 12.9. The maximum absolute atomic E-state index is 12.9. The Morgan fingerprint density at radius 1 is 1.10 bits per heavy atom. The Labute approximate surface area is 232 Å². The molecule has 8 nitrogen and oxygen atoms in total. The fourth-order valence-corrected chi connectivity index (χ4v) is 6.07. The third-order valence-electron chi connectivity index (χ3n) is 7.52. The van der Waals surface area contributed by atoms with E-state index in [1.165, 1.54) is 0 Å².